The van der Waals surface area contributed by atoms with Gasteiger partial charge >= 0.3 is 0 Å². The van der Waals surface area contributed by atoms with E-state index in [1.54, 1.807) is 18.9 Å². The van der Waals surface area contributed by atoms with Crippen LogP contribution < -0.4 is 5.32 Å². The van der Waals surface area contributed by atoms with Gasteiger partial charge in [0.15, 0.2) is 0 Å². The van der Waals surface area contributed by atoms with Crippen LogP contribution in [0.3, 0.4) is 0 Å². The van der Waals surface area contributed by atoms with Gasteiger partial charge in [-0.25, -0.2) is 8.42 Å². The van der Waals surface area contributed by atoms with Crippen LogP contribution in [0.1, 0.15) is 26.7 Å². The van der Waals surface area contributed by atoms with E-state index in [9.17, 15) is 18.0 Å². The van der Waals surface area contributed by atoms with Crippen molar-refractivity contribution < 1.29 is 27.5 Å². The molecule has 10 heteroatoms. The first kappa shape index (κ1) is 22.8. The van der Waals surface area contributed by atoms with E-state index >= 15 is 0 Å². The maximum absolute atomic E-state index is 12.4. The predicted molar refractivity (Wildman–Crippen MR) is 97.1 cm³/mol. The van der Waals surface area contributed by atoms with Crippen molar-refractivity contribution in [2.45, 2.75) is 38.9 Å². The maximum atomic E-state index is 12.4. The third-order valence-corrected chi connectivity index (χ3v) is 6.28. The Kier molecular flexibility index (Phi) is 9.48. The first-order chi connectivity index (χ1) is 12.2. The Balaban J connectivity index is 2.38. The molecule has 1 rings (SSSR count). The van der Waals surface area contributed by atoms with Gasteiger partial charge in [-0.2, -0.15) is 4.31 Å². The highest BCUT2D eigenvalue weighted by Crippen LogP contribution is 2.10. The molecule has 2 amide bonds. The Bertz CT molecular complexity index is 560. The molecule has 152 valence electrons. The number of nitrogens with zero attached hydrogens (tertiary/aromatic N) is 2. The zero-order chi connectivity index (χ0) is 19.7. The highest BCUT2D eigenvalue weighted by molar-refractivity contribution is 7.89. The maximum Gasteiger partial charge on any atom is 0.225 e. The molecule has 1 aliphatic heterocycles. The Morgan fingerprint density at radius 3 is 2.08 bits per heavy atom. The molecule has 0 aromatic carbocycles. The normalized spacial score (nSPS) is 18.4. The molecule has 9 nitrogen and oxygen atoms in total. The molecule has 0 aliphatic carbocycles. The molecule has 0 radical (unpaired) electrons. The van der Waals surface area contributed by atoms with Gasteiger partial charge < -0.3 is 19.7 Å². The average Bonchev–Trinajstić information content (AvgIpc) is 2.61. The fourth-order valence-corrected chi connectivity index (χ4v) is 3.88. The fourth-order valence-electron chi connectivity index (χ4n) is 2.54. The minimum absolute atomic E-state index is 0.0316. The van der Waals surface area contributed by atoms with Crippen LogP contribution in [0.15, 0.2) is 0 Å². The van der Waals surface area contributed by atoms with Gasteiger partial charge in [-0.1, -0.05) is 0 Å². The summed E-state index contributed by atoms with van der Waals surface area (Å²) in [5, 5.41) is 2.59. The van der Waals surface area contributed by atoms with Crippen molar-refractivity contribution >= 4 is 21.8 Å². The van der Waals surface area contributed by atoms with Gasteiger partial charge in [0.1, 0.15) is 0 Å². The Morgan fingerprint density at radius 1 is 1.00 bits per heavy atom. The second-order valence-corrected chi connectivity index (χ2v) is 8.54. The van der Waals surface area contributed by atoms with Crippen molar-refractivity contribution in [1.29, 1.82) is 0 Å². The van der Waals surface area contributed by atoms with Crippen LogP contribution in [0.25, 0.3) is 0 Å². The summed E-state index contributed by atoms with van der Waals surface area (Å²) in [5.74, 6) is -0.428. The first-order valence-corrected chi connectivity index (χ1v) is 10.4. The molecule has 1 fully saturated rings. The third kappa shape index (κ3) is 7.56. The number of amides is 2. The van der Waals surface area contributed by atoms with Crippen molar-refractivity contribution in [1.82, 2.24) is 14.5 Å². The van der Waals surface area contributed by atoms with Crippen molar-refractivity contribution in [3.63, 3.8) is 0 Å². The van der Waals surface area contributed by atoms with Crippen LogP contribution in [0, 0.1) is 0 Å². The van der Waals surface area contributed by atoms with E-state index in [0.29, 0.717) is 13.1 Å². The smallest absolute Gasteiger partial charge is 0.225 e. The molecule has 0 bridgehead atoms. The molecular weight excluding hydrogens is 362 g/mol. The van der Waals surface area contributed by atoms with E-state index in [1.807, 2.05) is 6.92 Å². The van der Waals surface area contributed by atoms with E-state index < -0.39 is 10.0 Å². The molecule has 1 saturated heterocycles. The van der Waals surface area contributed by atoms with Gasteiger partial charge in [-0.05, 0) is 13.8 Å². The SMILES string of the molecule is COC(C)CC(=O)NCCS(=O)(=O)N1CCN(C(=O)CC(C)OC)CC1. The van der Waals surface area contributed by atoms with Crippen molar-refractivity contribution in [3.05, 3.63) is 0 Å². The predicted octanol–water partition coefficient (Wildman–Crippen LogP) is -0.573. The zero-order valence-corrected chi connectivity index (χ0v) is 16.9. The minimum Gasteiger partial charge on any atom is -0.381 e. The van der Waals surface area contributed by atoms with Gasteiger partial charge in [0.2, 0.25) is 21.8 Å². The van der Waals surface area contributed by atoms with Gasteiger partial charge in [0, 0.05) is 46.9 Å². The molecule has 2 unspecified atom stereocenters. The van der Waals surface area contributed by atoms with E-state index in [2.05, 4.69) is 5.32 Å². The Hall–Kier alpha value is -1.23. The van der Waals surface area contributed by atoms with Crippen LogP contribution in [0.2, 0.25) is 0 Å². The van der Waals surface area contributed by atoms with Crippen LogP contribution in [-0.4, -0.2) is 94.3 Å². The molecule has 0 spiro atoms. The van der Waals surface area contributed by atoms with Crippen LogP contribution in [-0.2, 0) is 29.1 Å². The lowest BCUT2D eigenvalue weighted by molar-refractivity contribution is -0.134. The highest BCUT2D eigenvalue weighted by atomic mass is 32.2. The summed E-state index contributed by atoms with van der Waals surface area (Å²) in [6.07, 6.45) is 0.110. The van der Waals surface area contributed by atoms with Gasteiger partial charge in [-0.15, -0.1) is 0 Å². The molecule has 1 N–H and O–H groups in total. The number of rotatable bonds is 10. The number of ether oxygens (including phenoxy) is 2. The number of methoxy groups -OCH3 is 2. The van der Waals surface area contributed by atoms with Gasteiger partial charge in [-0.3, -0.25) is 9.59 Å². The lowest BCUT2D eigenvalue weighted by Crippen LogP contribution is -2.52. The topological polar surface area (TPSA) is 105 Å². The molecular formula is C16H31N3O6S. The summed E-state index contributed by atoms with van der Waals surface area (Å²) in [4.78, 5) is 25.4. The molecule has 0 saturated carbocycles. The number of piperazine rings is 1. The van der Waals surface area contributed by atoms with E-state index in [1.165, 1.54) is 11.4 Å². The number of sulfonamides is 1. The lowest BCUT2D eigenvalue weighted by atomic mass is 10.2. The zero-order valence-electron chi connectivity index (χ0n) is 16.1. The van der Waals surface area contributed by atoms with Crippen molar-refractivity contribution in [2.24, 2.45) is 0 Å². The quantitative estimate of drug-likeness (QED) is 0.533. The average molecular weight is 394 g/mol. The molecule has 0 aromatic rings. The monoisotopic (exact) mass is 393 g/mol. The minimum atomic E-state index is -3.47. The van der Waals surface area contributed by atoms with E-state index in [0.717, 1.165) is 0 Å². The van der Waals surface area contributed by atoms with Gasteiger partial charge in [0.25, 0.3) is 0 Å². The molecule has 2 atom stereocenters. The molecule has 0 aromatic heterocycles. The van der Waals surface area contributed by atoms with Crippen LogP contribution >= 0.6 is 0 Å². The second-order valence-electron chi connectivity index (χ2n) is 6.45. The number of hydrogen-bond acceptors (Lipinski definition) is 6. The highest BCUT2D eigenvalue weighted by Gasteiger charge is 2.29. The van der Waals surface area contributed by atoms with Crippen molar-refractivity contribution in [3.8, 4) is 0 Å². The summed E-state index contributed by atoms with van der Waals surface area (Å²) in [6.45, 7) is 4.92. The first-order valence-electron chi connectivity index (χ1n) is 8.77. The number of carbonyl (C=O) groups excluding carboxylic acids is 2. The van der Waals surface area contributed by atoms with Gasteiger partial charge in [0.05, 0.1) is 30.8 Å². The molecule has 26 heavy (non-hydrogen) atoms. The number of carbonyl (C=O) groups is 2. The summed E-state index contributed by atoms with van der Waals surface area (Å²) in [5.41, 5.74) is 0. The largest absolute Gasteiger partial charge is 0.381 e. The van der Waals surface area contributed by atoms with Crippen molar-refractivity contribution in [2.75, 3.05) is 52.7 Å². The summed E-state index contributed by atoms with van der Waals surface area (Å²) in [6, 6.07) is 0. The number of hydrogen-bond donors (Lipinski definition) is 1. The summed E-state index contributed by atoms with van der Waals surface area (Å²) in [7, 11) is -0.396. The lowest BCUT2D eigenvalue weighted by Gasteiger charge is -2.34. The van der Waals surface area contributed by atoms with E-state index in [-0.39, 0.29) is 62.3 Å². The summed E-state index contributed by atoms with van der Waals surface area (Å²) < 4.78 is 36.2. The number of nitrogens with one attached hydrogen (secondary N) is 1. The summed E-state index contributed by atoms with van der Waals surface area (Å²) >= 11 is 0. The van der Waals surface area contributed by atoms with Crippen LogP contribution in [0.5, 0.6) is 0 Å². The Morgan fingerprint density at radius 2 is 1.54 bits per heavy atom. The standard InChI is InChI=1S/C16H31N3O6S/c1-13(24-3)11-15(20)17-5-10-26(22,23)19-8-6-18(7-9-19)16(21)12-14(2)25-4/h13-14H,5-12H2,1-4H3,(H,17,20). The fraction of sp³-hybridized carbons (Fsp3) is 0.875. The van der Waals surface area contributed by atoms with E-state index in [4.69, 9.17) is 9.47 Å². The third-order valence-electron chi connectivity index (χ3n) is 4.41. The molecule has 1 heterocycles. The second kappa shape index (κ2) is 10.8. The van der Waals surface area contributed by atoms with Crippen LogP contribution in [0.4, 0.5) is 0 Å². The molecule has 1 aliphatic rings. The Labute approximate surface area is 156 Å².